The predicted octanol–water partition coefficient (Wildman–Crippen LogP) is 5.01. The van der Waals surface area contributed by atoms with E-state index in [0.717, 1.165) is 42.4 Å². The molecule has 1 saturated carbocycles. The number of rotatable bonds is 11. The molecule has 1 aromatic heterocycles. The van der Waals surface area contributed by atoms with E-state index in [1.54, 1.807) is 23.9 Å². The summed E-state index contributed by atoms with van der Waals surface area (Å²) < 4.78 is 11.9. The highest BCUT2D eigenvalue weighted by atomic mass is 35.5. The number of nitrogens with zero attached hydrogens (tertiary/aromatic N) is 1. The molecule has 1 amide bonds. The van der Waals surface area contributed by atoms with Gasteiger partial charge in [0.25, 0.3) is 5.56 Å². The number of hydrogen-bond acceptors (Lipinski definition) is 5. The fraction of sp³-hybridized carbons (Fsp3) is 0.387. The molecule has 4 rings (SSSR count). The fourth-order valence-electron chi connectivity index (χ4n) is 5.35. The van der Waals surface area contributed by atoms with Gasteiger partial charge in [0.1, 0.15) is 6.04 Å². The minimum absolute atomic E-state index is 0.123. The van der Waals surface area contributed by atoms with E-state index in [2.05, 4.69) is 5.32 Å². The molecule has 1 fully saturated rings. The van der Waals surface area contributed by atoms with Crippen molar-refractivity contribution in [3.05, 3.63) is 93.4 Å². The maximum atomic E-state index is 13.3. The summed E-state index contributed by atoms with van der Waals surface area (Å²) in [6.45, 7) is 0.909. The molecule has 0 aliphatic heterocycles. The van der Waals surface area contributed by atoms with Gasteiger partial charge in [0.2, 0.25) is 5.91 Å². The molecule has 0 radical (unpaired) electrons. The van der Waals surface area contributed by atoms with Crippen molar-refractivity contribution in [2.45, 2.75) is 51.1 Å². The van der Waals surface area contributed by atoms with Gasteiger partial charge in [-0.1, -0.05) is 79.0 Å². The lowest BCUT2D eigenvalue weighted by molar-refractivity contribution is -0.146. The van der Waals surface area contributed by atoms with E-state index < -0.39 is 17.4 Å². The van der Waals surface area contributed by atoms with Crippen LogP contribution in [0.2, 0.25) is 5.02 Å². The zero-order chi connectivity index (χ0) is 27.8. The average molecular weight is 551 g/mol. The van der Waals surface area contributed by atoms with Crippen molar-refractivity contribution >= 4 is 23.5 Å². The van der Waals surface area contributed by atoms with Crippen molar-refractivity contribution in [1.82, 2.24) is 9.88 Å². The number of amides is 1. The molecule has 7 nitrogen and oxygen atoms in total. The summed E-state index contributed by atoms with van der Waals surface area (Å²) in [6, 6.07) is 18.0. The number of ether oxygens (including phenoxy) is 2. The molecule has 3 aromatic rings. The van der Waals surface area contributed by atoms with Gasteiger partial charge in [0, 0.05) is 31.9 Å². The van der Waals surface area contributed by atoms with Crippen LogP contribution in [0.4, 0.5) is 0 Å². The van der Waals surface area contributed by atoms with Crippen molar-refractivity contribution in [3.63, 3.8) is 0 Å². The van der Waals surface area contributed by atoms with Gasteiger partial charge in [-0.3, -0.25) is 9.59 Å². The Morgan fingerprint density at radius 1 is 1.03 bits per heavy atom. The minimum atomic E-state index is -0.817. The average Bonchev–Trinajstić information content (AvgIpc) is 3.44. The van der Waals surface area contributed by atoms with Gasteiger partial charge < -0.3 is 19.4 Å². The first-order valence-electron chi connectivity index (χ1n) is 13.3. The molecule has 0 unspecified atom stereocenters. The third kappa shape index (κ3) is 6.97. The predicted molar refractivity (Wildman–Crippen MR) is 152 cm³/mol. The summed E-state index contributed by atoms with van der Waals surface area (Å²) in [5.74, 6) is -0.618. The zero-order valence-electron chi connectivity index (χ0n) is 22.5. The number of carbonyl (C=O) groups is 2. The second kappa shape index (κ2) is 13.1. The number of pyridine rings is 1. The molecule has 0 bridgehead atoms. The van der Waals surface area contributed by atoms with Crippen LogP contribution >= 0.6 is 11.6 Å². The monoisotopic (exact) mass is 550 g/mol. The zero-order valence-corrected chi connectivity index (χ0v) is 23.2. The first kappa shape index (κ1) is 28.6. The Bertz CT molecular complexity index is 1330. The number of nitrogens with one attached hydrogen (secondary N) is 1. The second-order valence-electron chi connectivity index (χ2n) is 10.2. The van der Waals surface area contributed by atoms with Crippen molar-refractivity contribution in [3.8, 4) is 11.1 Å². The number of methoxy groups -OCH3 is 2. The number of benzene rings is 2. The summed E-state index contributed by atoms with van der Waals surface area (Å²) >= 11 is 6.38. The summed E-state index contributed by atoms with van der Waals surface area (Å²) in [5, 5.41) is 3.43. The third-order valence-corrected chi connectivity index (χ3v) is 7.78. The number of carbonyl (C=O) groups excluding carboxylic acids is 2. The Morgan fingerprint density at radius 3 is 2.36 bits per heavy atom. The Labute approximate surface area is 234 Å². The molecule has 0 spiro atoms. The summed E-state index contributed by atoms with van der Waals surface area (Å²) in [5.41, 5.74) is 2.38. The van der Waals surface area contributed by atoms with Crippen LogP contribution in [0.15, 0.2) is 71.7 Å². The largest absolute Gasteiger partial charge is 0.467 e. The first-order chi connectivity index (χ1) is 18.8. The smallest absolute Gasteiger partial charge is 0.328 e. The van der Waals surface area contributed by atoms with E-state index in [1.807, 2.05) is 54.6 Å². The number of esters is 1. The molecule has 206 valence electrons. The highest BCUT2D eigenvalue weighted by Crippen LogP contribution is 2.41. The molecule has 0 saturated heterocycles. The van der Waals surface area contributed by atoms with E-state index in [0.29, 0.717) is 30.2 Å². The molecule has 1 N–H and O–H groups in total. The standard InChI is InChI=1S/C31H35ClN2O5/c1-38-17-16-31(14-6-7-15-31)30(37)33-27(29(36)39-2)18-22-10-12-24(13-11-22)26-19-25(32)21-34(28(26)35)20-23-8-4-3-5-9-23/h3-5,8-13,19,21,27H,6-7,14-18,20H2,1-2H3,(H,33,37)/t27-/m0/s1. The van der Waals surface area contributed by atoms with Gasteiger partial charge in [-0.25, -0.2) is 4.79 Å². The van der Waals surface area contributed by atoms with Crippen LogP contribution in [0.1, 0.15) is 43.2 Å². The first-order valence-corrected chi connectivity index (χ1v) is 13.6. The lowest BCUT2D eigenvalue weighted by Crippen LogP contribution is -2.49. The molecule has 1 aliphatic rings. The third-order valence-electron chi connectivity index (χ3n) is 7.57. The van der Waals surface area contributed by atoms with E-state index >= 15 is 0 Å². The molecule has 8 heteroatoms. The lowest BCUT2D eigenvalue weighted by atomic mass is 9.81. The Morgan fingerprint density at radius 2 is 1.72 bits per heavy atom. The van der Waals surface area contributed by atoms with Gasteiger partial charge in [-0.15, -0.1) is 0 Å². The molecule has 1 heterocycles. The molecular formula is C31H35ClN2O5. The second-order valence-corrected chi connectivity index (χ2v) is 10.6. The topological polar surface area (TPSA) is 86.6 Å². The van der Waals surface area contributed by atoms with Crippen molar-refractivity contribution in [2.75, 3.05) is 20.8 Å². The Balaban J connectivity index is 1.52. The van der Waals surface area contributed by atoms with Gasteiger partial charge >= 0.3 is 5.97 Å². The maximum absolute atomic E-state index is 13.3. The van der Waals surface area contributed by atoms with Crippen LogP contribution in [0.25, 0.3) is 11.1 Å². The number of aromatic nitrogens is 1. The van der Waals surface area contributed by atoms with Crippen molar-refractivity contribution < 1.29 is 19.1 Å². The van der Waals surface area contributed by atoms with Crippen LogP contribution in [0.5, 0.6) is 0 Å². The Hall–Kier alpha value is -3.42. The maximum Gasteiger partial charge on any atom is 0.328 e. The van der Waals surface area contributed by atoms with Crippen LogP contribution in [0.3, 0.4) is 0 Å². The van der Waals surface area contributed by atoms with Crippen LogP contribution in [-0.2, 0) is 32.0 Å². The highest BCUT2D eigenvalue weighted by Gasteiger charge is 2.42. The SMILES string of the molecule is COCCC1(C(=O)N[C@@H](Cc2ccc(-c3cc(Cl)cn(Cc4ccccc4)c3=O)cc2)C(=O)OC)CCCC1. The van der Waals surface area contributed by atoms with Crippen LogP contribution in [0, 0.1) is 5.41 Å². The molecule has 39 heavy (non-hydrogen) atoms. The summed E-state index contributed by atoms with van der Waals surface area (Å²) in [7, 11) is 2.95. The summed E-state index contributed by atoms with van der Waals surface area (Å²) in [4.78, 5) is 39.2. The van der Waals surface area contributed by atoms with Gasteiger partial charge in [0.15, 0.2) is 0 Å². The lowest BCUT2D eigenvalue weighted by Gasteiger charge is -2.29. The quantitative estimate of drug-likeness (QED) is 0.339. The van der Waals surface area contributed by atoms with Gasteiger partial charge in [-0.05, 0) is 42.0 Å². The molecule has 1 atom stereocenters. The van der Waals surface area contributed by atoms with Crippen LogP contribution in [-0.4, -0.2) is 43.3 Å². The number of hydrogen-bond donors (Lipinski definition) is 1. The molecule has 1 aliphatic carbocycles. The summed E-state index contributed by atoms with van der Waals surface area (Å²) in [6.07, 6.45) is 6.07. The highest BCUT2D eigenvalue weighted by molar-refractivity contribution is 6.30. The number of halogens is 1. The van der Waals surface area contributed by atoms with E-state index in [9.17, 15) is 14.4 Å². The minimum Gasteiger partial charge on any atom is -0.467 e. The van der Waals surface area contributed by atoms with Crippen molar-refractivity contribution in [1.29, 1.82) is 0 Å². The molecular weight excluding hydrogens is 516 g/mol. The van der Waals surface area contributed by atoms with E-state index in [-0.39, 0.29) is 17.9 Å². The van der Waals surface area contributed by atoms with Crippen molar-refractivity contribution in [2.24, 2.45) is 5.41 Å². The molecule has 2 aromatic carbocycles. The Kier molecular flexibility index (Phi) is 9.59. The van der Waals surface area contributed by atoms with Gasteiger partial charge in [-0.2, -0.15) is 0 Å². The fourth-order valence-corrected chi connectivity index (χ4v) is 5.57. The van der Waals surface area contributed by atoms with Gasteiger partial charge in [0.05, 0.1) is 24.1 Å². The normalized spacial score (nSPS) is 15.1. The van der Waals surface area contributed by atoms with E-state index in [4.69, 9.17) is 21.1 Å². The van der Waals surface area contributed by atoms with Crippen LogP contribution < -0.4 is 10.9 Å². The van der Waals surface area contributed by atoms with E-state index in [1.165, 1.54) is 7.11 Å².